The molecule has 0 aromatic carbocycles. The van der Waals surface area contributed by atoms with Gasteiger partial charge in [0.1, 0.15) is 0 Å². The molecule has 0 saturated carbocycles. The number of aliphatic hydroxyl groups is 1. The standard InChI is InChI=1S/C13H23NO2/c1-3-6-13(15,7-4-2)11-14-9-12-5-8-16-10-12/h5,8,10,14-15H,3-4,6-7,9,11H2,1-2H3. The second-order valence-electron chi connectivity index (χ2n) is 4.46. The highest BCUT2D eigenvalue weighted by molar-refractivity contribution is 5.04. The maximum Gasteiger partial charge on any atom is 0.0947 e. The first-order valence-electron chi connectivity index (χ1n) is 6.14. The van der Waals surface area contributed by atoms with Gasteiger partial charge in [0.2, 0.25) is 0 Å². The van der Waals surface area contributed by atoms with Crippen LogP contribution in [0.5, 0.6) is 0 Å². The minimum absolute atomic E-state index is 0.548. The lowest BCUT2D eigenvalue weighted by atomic mass is 9.92. The van der Waals surface area contributed by atoms with Gasteiger partial charge in [0, 0.05) is 18.7 Å². The smallest absolute Gasteiger partial charge is 0.0947 e. The van der Waals surface area contributed by atoms with E-state index in [1.54, 1.807) is 12.5 Å². The molecule has 3 nitrogen and oxygen atoms in total. The predicted octanol–water partition coefficient (Wildman–Crippen LogP) is 2.70. The van der Waals surface area contributed by atoms with Crippen molar-refractivity contribution in [1.29, 1.82) is 0 Å². The van der Waals surface area contributed by atoms with Gasteiger partial charge in [-0.05, 0) is 18.9 Å². The molecule has 0 aliphatic heterocycles. The second-order valence-corrected chi connectivity index (χ2v) is 4.46. The topological polar surface area (TPSA) is 45.4 Å². The number of furan rings is 1. The van der Waals surface area contributed by atoms with Crippen LogP contribution in [0.15, 0.2) is 23.0 Å². The average Bonchev–Trinajstić information content (AvgIpc) is 2.71. The van der Waals surface area contributed by atoms with Gasteiger partial charge >= 0.3 is 0 Å². The summed E-state index contributed by atoms with van der Waals surface area (Å²) in [5, 5.41) is 13.6. The van der Waals surface area contributed by atoms with Gasteiger partial charge < -0.3 is 14.8 Å². The monoisotopic (exact) mass is 225 g/mol. The van der Waals surface area contributed by atoms with Crippen molar-refractivity contribution in [3.63, 3.8) is 0 Å². The van der Waals surface area contributed by atoms with Crippen molar-refractivity contribution in [3.05, 3.63) is 24.2 Å². The molecular formula is C13H23NO2. The van der Waals surface area contributed by atoms with Crippen LogP contribution in [0.2, 0.25) is 0 Å². The molecule has 16 heavy (non-hydrogen) atoms. The molecule has 0 fully saturated rings. The summed E-state index contributed by atoms with van der Waals surface area (Å²) in [6.07, 6.45) is 7.15. The quantitative estimate of drug-likeness (QED) is 0.715. The summed E-state index contributed by atoms with van der Waals surface area (Å²) < 4.78 is 4.99. The maximum absolute atomic E-state index is 10.4. The van der Waals surface area contributed by atoms with E-state index in [4.69, 9.17) is 4.42 Å². The van der Waals surface area contributed by atoms with E-state index < -0.39 is 5.60 Å². The van der Waals surface area contributed by atoms with Gasteiger partial charge in [-0.25, -0.2) is 0 Å². The Morgan fingerprint density at radius 3 is 2.50 bits per heavy atom. The van der Waals surface area contributed by atoms with E-state index in [9.17, 15) is 5.11 Å². The number of hydrogen-bond acceptors (Lipinski definition) is 3. The van der Waals surface area contributed by atoms with Gasteiger partial charge in [-0.2, -0.15) is 0 Å². The van der Waals surface area contributed by atoms with Crippen LogP contribution in [0.25, 0.3) is 0 Å². The van der Waals surface area contributed by atoms with Gasteiger partial charge in [0.15, 0.2) is 0 Å². The molecular weight excluding hydrogens is 202 g/mol. The summed E-state index contributed by atoms with van der Waals surface area (Å²) in [4.78, 5) is 0. The highest BCUT2D eigenvalue weighted by Gasteiger charge is 2.23. The molecule has 0 bridgehead atoms. The Bertz CT molecular complexity index is 263. The van der Waals surface area contributed by atoms with Crippen molar-refractivity contribution >= 4 is 0 Å². The molecule has 3 heteroatoms. The zero-order valence-corrected chi connectivity index (χ0v) is 10.3. The van der Waals surface area contributed by atoms with Gasteiger partial charge in [-0.1, -0.05) is 26.7 Å². The molecule has 0 aliphatic carbocycles. The molecule has 0 radical (unpaired) electrons. The Hall–Kier alpha value is -0.800. The lowest BCUT2D eigenvalue weighted by Crippen LogP contribution is -2.40. The molecule has 1 rings (SSSR count). The van der Waals surface area contributed by atoms with Crippen LogP contribution >= 0.6 is 0 Å². The van der Waals surface area contributed by atoms with Crippen molar-refractivity contribution < 1.29 is 9.52 Å². The van der Waals surface area contributed by atoms with Gasteiger partial charge in [-0.15, -0.1) is 0 Å². The summed E-state index contributed by atoms with van der Waals surface area (Å²) in [7, 11) is 0. The molecule has 0 saturated heterocycles. The number of nitrogens with one attached hydrogen (secondary N) is 1. The summed E-state index contributed by atoms with van der Waals surface area (Å²) in [6, 6.07) is 1.94. The average molecular weight is 225 g/mol. The third kappa shape index (κ3) is 4.37. The molecule has 0 spiro atoms. The Morgan fingerprint density at radius 1 is 1.31 bits per heavy atom. The highest BCUT2D eigenvalue weighted by Crippen LogP contribution is 2.18. The summed E-state index contributed by atoms with van der Waals surface area (Å²) in [6.45, 7) is 5.62. The van der Waals surface area contributed by atoms with Crippen LogP contribution in [0.3, 0.4) is 0 Å². The van der Waals surface area contributed by atoms with E-state index in [0.717, 1.165) is 37.8 Å². The molecule has 1 aromatic heterocycles. The van der Waals surface area contributed by atoms with Crippen molar-refractivity contribution in [2.75, 3.05) is 6.54 Å². The Balaban J connectivity index is 2.32. The van der Waals surface area contributed by atoms with Crippen LogP contribution in [-0.4, -0.2) is 17.3 Å². The molecule has 92 valence electrons. The first-order valence-corrected chi connectivity index (χ1v) is 6.14. The summed E-state index contributed by atoms with van der Waals surface area (Å²) >= 11 is 0. The van der Waals surface area contributed by atoms with E-state index >= 15 is 0 Å². The molecule has 0 aliphatic rings. The Labute approximate surface area is 97.9 Å². The molecule has 0 unspecified atom stereocenters. The normalized spacial score (nSPS) is 11.9. The van der Waals surface area contributed by atoms with Gasteiger partial charge in [-0.3, -0.25) is 0 Å². The van der Waals surface area contributed by atoms with Crippen LogP contribution in [0, 0.1) is 0 Å². The van der Waals surface area contributed by atoms with Crippen LogP contribution in [0.4, 0.5) is 0 Å². The largest absolute Gasteiger partial charge is 0.472 e. The fraction of sp³-hybridized carbons (Fsp3) is 0.692. The van der Waals surface area contributed by atoms with E-state index in [0.29, 0.717) is 6.54 Å². The van der Waals surface area contributed by atoms with Crippen LogP contribution in [-0.2, 0) is 6.54 Å². The van der Waals surface area contributed by atoms with Crippen LogP contribution < -0.4 is 5.32 Å². The van der Waals surface area contributed by atoms with Crippen molar-refractivity contribution in [2.45, 2.75) is 51.7 Å². The van der Waals surface area contributed by atoms with E-state index in [2.05, 4.69) is 19.2 Å². The molecule has 0 atom stereocenters. The fourth-order valence-corrected chi connectivity index (χ4v) is 2.07. The Kier molecular flexibility index (Phi) is 5.56. The highest BCUT2D eigenvalue weighted by atomic mass is 16.3. The van der Waals surface area contributed by atoms with Crippen molar-refractivity contribution in [2.24, 2.45) is 0 Å². The second kappa shape index (κ2) is 6.71. The predicted molar refractivity (Wildman–Crippen MR) is 65.2 cm³/mol. The Morgan fingerprint density at radius 2 is 2.00 bits per heavy atom. The van der Waals surface area contributed by atoms with Crippen LogP contribution in [0.1, 0.15) is 45.1 Å². The summed E-state index contributed by atoms with van der Waals surface area (Å²) in [5.74, 6) is 0. The minimum atomic E-state index is -0.548. The van der Waals surface area contributed by atoms with Crippen molar-refractivity contribution in [1.82, 2.24) is 5.32 Å². The van der Waals surface area contributed by atoms with E-state index in [1.807, 2.05) is 6.07 Å². The first-order chi connectivity index (χ1) is 7.70. The van der Waals surface area contributed by atoms with E-state index in [-0.39, 0.29) is 0 Å². The van der Waals surface area contributed by atoms with Crippen molar-refractivity contribution in [3.8, 4) is 0 Å². The lowest BCUT2D eigenvalue weighted by molar-refractivity contribution is 0.0215. The third-order valence-electron chi connectivity index (χ3n) is 2.79. The third-order valence-corrected chi connectivity index (χ3v) is 2.79. The maximum atomic E-state index is 10.4. The zero-order valence-electron chi connectivity index (χ0n) is 10.3. The van der Waals surface area contributed by atoms with E-state index in [1.165, 1.54) is 0 Å². The van der Waals surface area contributed by atoms with Gasteiger partial charge in [0.05, 0.1) is 18.1 Å². The van der Waals surface area contributed by atoms with Gasteiger partial charge in [0.25, 0.3) is 0 Å². The minimum Gasteiger partial charge on any atom is -0.472 e. The number of hydrogen-bond donors (Lipinski definition) is 2. The zero-order chi connectivity index (χ0) is 11.9. The number of rotatable bonds is 8. The molecule has 1 aromatic rings. The molecule has 0 amide bonds. The molecule has 2 N–H and O–H groups in total. The fourth-order valence-electron chi connectivity index (χ4n) is 2.07. The lowest BCUT2D eigenvalue weighted by Gasteiger charge is -2.27. The summed E-state index contributed by atoms with van der Waals surface area (Å²) in [5.41, 5.74) is 0.572. The first kappa shape index (κ1) is 13.3. The SMILES string of the molecule is CCCC(O)(CCC)CNCc1ccoc1. The molecule has 1 heterocycles.